The predicted octanol–water partition coefficient (Wildman–Crippen LogP) is 2.24. The lowest BCUT2D eigenvalue weighted by molar-refractivity contribution is -0.923. The standard InChI is InChI=1S/C15H30NO6P/c1-5-15(17)21-13-9-10-14(22-23(18,19)20)11-12-16(6-2,7-3)8-4/h5,14H,1,6-13H2,2-4H3,(H-,18,19,20)/p+1. The Kier molecular flexibility index (Phi) is 10.6. The Bertz CT molecular complexity index is 397. The van der Waals surface area contributed by atoms with Gasteiger partial charge in [-0.3, -0.25) is 4.52 Å². The van der Waals surface area contributed by atoms with Crippen molar-refractivity contribution in [2.75, 3.05) is 32.8 Å². The fraction of sp³-hybridized carbons (Fsp3) is 0.800. The van der Waals surface area contributed by atoms with Crippen LogP contribution in [-0.2, 0) is 18.6 Å². The highest BCUT2D eigenvalue weighted by molar-refractivity contribution is 7.46. The number of phosphoric acid groups is 1. The largest absolute Gasteiger partial charge is 0.469 e. The summed E-state index contributed by atoms with van der Waals surface area (Å²) in [6.45, 7) is 13.5. The molecule has 0 aromatic heterocycles. The van der Waals surface area contributed by atoms with Crippen LogP contribution in [0.15, 0.2) is 12.7 Å². The molecular formula is C15H31NO6P+. The summed E-state index contributed by atoms with van der Waals surface area (Å²) in [6, 6.07) is 0. The zero-order valence-corrected chi connectivity index (χ0v) is 15.3. The molecule has 0 saturated heterocycles. The zero-order valence-electron chi connectivity index (χ0n) is 14.4. The SMILES string of the molecule is C=CC(=O)OCCCC(CC[N+](CC)(CC)CC)OP(=O)(O)O. The molecule has 1 atom stereocenters. The molecule has 0 heterocycles. The van der Waals surface area contributed by atoms with E-state index in [0.717, 1.165) is 36.7 Å². The highest BCUT2D eigenvalue weighted by Crippen LogP contribution is 2.39. The highest BCUT2D eigenvalue weighted by Gasteiger charge is 2.27. The van der Waals surface area contributed by atoms with Gasteiger partial charge in [-0.1, -0.05) is 6.58 Å². The summed E-state index contributed by atoms with van der Waals surface area (Å²) in [6.07, 6.45) is 1.98. The molecule has 0 saturated carbocycles. The van der Waals surface area contributed by atoms with Gasteiger partial charge in [0.25, 0.3) is 0 Å². The van der Waals surface area contributed by atoms with E-state index in [4.69, 9.17) is 19.0 Å². The van der Waals surface area contributed by atoms with Crippen LogP contribution in [0.2, 0.25) is 0 Å². The van der Waals surface area contributed by atoms with Crippen molar-refractivity contribution in [3.05, 3.63) is 12.7 Å². The van der Waals surface area contributed by atoms with E-state index in [1.807, 2.05) is 0 Å². The number of phosphoric ester groups is 1. The van der Waals surface area contributed by atoms with Gasteiger partial charge in [0, 0.05) is 12.5 Å². The van der Waals surface area contributed by atoms with E-state index in [1.165, 1.54) is 0 Å². The Labute approximate surface area is 139 Å². The molecule has 2 N–H and O–H groups in total. The van der Waals surface area contributed by atoms with E-state index in [1.54, 1.807) is 0 Å². The van der Waals surface area contributed by atoms with Crippen molar-refractivity contribution in [2.24, 2.45) is 0 Å². The second-order valence-electron chi connectivity index (χ2n) is 5.53. The maximum absolute atomic E-state index is 11.1. The number of hydrogen-bond acceptors (Lipinski definition) is 4. The molecule has 0 aromatic carbocycles. The second-order valence-corrected chi connectivity index (χ2v) is 6.73. The molecule has 0 aromatic rings. The molecular weight excluding hydrogens is 321 g/mol. The molecule has 0 fully saturated rings. The molecule has 0 radical (unpaired) electrons. The van der Waals surface area contributed by atoms with Crippen molar-refractivity contribution in [3.8, 4) is 0 Å². The molecule has 8 heteroatoms. The van der Waals surface area contributed by atoms with Crippen molar-refractivity contribution in [1.82, 2.24) is 0 Å². The minimum absolute atomic E-state index is 0.182. The number of carbonyl (C=O) groups excluding carboxylic acids is 1. The third kappa shape index (κ3) is 9.89. The molecule has 136 valence electrons. The van der Waals surface area contributed by atoms with E-state index in [-0.39, 0.29) is 6.61 Å². The Morgan fingerprint density at radius 2 is 1.78 bits per heavy atom. The number of esters is 1. The smallest absolute Gasteiger partial charge is 0.463 e. The fourth-order valence-corrected chi connectivity index (χ4v) is 3.15. The molecule has 0 aliphatic carbocycles. The quantitative estimate of drug-likeness (QED) is 0.174. The van der Waals surface area contributed by atoms with Crippen molar-refractivity contribution in [1.29, 1.82) is 0 Å². The van der Waals surface area contributed by atoms with Gasteiger partial charge >= 0.3 is 13.8 Å². The van der Waals surface area contributed by atoms with Gasteiger partial charge in [0.1, 0.15) is 0 Å². The van der Waals surface area contributed by atoms with Gasteiger partial charge in [0.2, 0.25) is 0 Å². The highest BCUT2D eigenvalue weighted by atomic mass is 31.2. The topological polar surface area (TPSA) is 93.1 Å². The van der Waals surface area contributed by atoms with Crippen molar-refractivity contribution < 1.29 is 32.9 Å². The minimum atomic E-state index is -4.53. The van der Waals surface area contributed by atoms with Gasteiger partial charge in [0.05, 0.1) is 38.9 Å². The number of rotatable bonds is 13. The van der Waals surface area contributed by atoms with Crippen molar-refractivity contribution in [2.45, 2.75) is 46.1 Å². The van der Waals surface area contributed by atoms with Crippen LogP contribution < -0.4 is 0 Å². The summed E-state index contributed by atoms with van der Waals surface area (Å²) in [5.41, 5.74) is 0. The molecule has 23 heavy (non-hydrogen) atoms. The molecule has 0 aliphatic heterocycles. The van der Waals surface area contributed by atoms with Crippen LogP contribution in [-0.4, -0.2) is 59.1 Å². The number of quaternary nitrogens is 1. The normalized spacial score (nSPS) is 13.6. The summed E-state index contributed by atoms with van der Waals surface area (Å²) < 4.78 is 21.8. The Morgan fingerprint density at radius 1 is 1.22 bits per heavy atom. The summed E-state index contributed by atoms with van der Waals surface area (Å²) >= 11 is 0. The van der Waals surface area contributed by atoms with Crippen LogP contribution in [0, 0.1) is 0 Å². The van der Waals surface area contributed by atoms with Gasteiger partial charge in [-0.25, -0.2) is 9.36 Å². The van der Waals surface area contributed by atoms with Crippen LogP contribution in [0.1, 0.15) is 40.0 Å². The Balaban J connectivity index is 4.54. The maximum atomic E-state index is 11.1. The van der Waals surface area contributed by atoms with Gasteiger partial charge in [-0.15, -0.1) is 0 Å². The Hall–Kier alpha value is -0.720. The number of hydrogen-bond donors (Lipinski definition) is 2. The summed E-state index contributed by atoms with van der Waals surface area (Å²) in [5.74, 6) is -0.504. The molecule has 0 aliphatic rings. The van der Waals surface area contributed by atoms with E-state index < -0.39 is 19.9 Å². The molecule has 0 rings (SSSR count). The average molecular weight is 352 g/mol. The first-order valence-corrected chi connectivity index (χ1v) is 9.63. The molecule has 0 spiro atoms. The van der Waals surface area contributed by atoms with E-state index >= 15 is 0 Å². The van der Waals surface area contributed by atoms with Crippen molar-refractivity contribution in [3.63, 3.8) is 0 Å². The monoisotopic (exact) mass is 352 g/mol. The summed E-state index contributed by atoms with van der Waals surface area (Å²) in [4.78, 5) is 29.1. The zero-order chi connectivity index (χ0) is 17.9. The predicted molar refractivity (Wildman–Crippen MR) is 88.7 cm³/mol. The molecule has 0 amide bonds. The van der Waals surface area contributed by atoms with Crippen LogP contribution >= 0.6 is 7.82 Å². The Morgan fingerprint density at radius 3 is 2.22 bits per heavy atom. The number of ether oxygens (including phenoxy) is 1. The lowest BCUT2D eigenvalue weighted by Gasteiger charge is -2.36. The van der Waals surface area contributed by atoms with Gasteiger partial charge < -0.3 is 19.0 Å². The van der Waals surface area contributed by atoms with Gasteiger partial charge in [0.15, 0.2) is 0 Å². The number of nitrogens with zero attached hydrogens (tertiary/aromatic N) is 1. The molecule has 1 unspecified atom stereocenters. The average Bonchev–Trinajstić information content (AvgIpc) is 2.51. The first-order valence-electron chi connectivity index (χ1n) is 8.10. The van der Waals surface area contributed by atoms with Crippen LogP contribution in [0.25, 0.3) is 0 Å². The first-order chi connectivity index (χ1) is 10.7. The number of carbonyl (C=O) groups is 1. The van der Waals surface area contributed by atoms with Gasteiger partial charge in [-0.05, 0) is 33.6 Å². The lowest BCUT2D eigenvalue weighted by Crippen LogP contribution is -2.49. The third-order valence-electron chi connectivity index (χ3n) is 4.31. The van der Waals surface area contributed by atoms with Crippen LogP contribution in [0.5, 0.6) is 0 Å². The van der Waals surface area contributed by atoms with Gasteiger partial charge in [-0.2, -0.15) is 0 Å². The van der Waals surface area contributed by atoms with Crippen LogP contribution in [0.3, 0.4) is 0 Å². The maximum Gasteiger partial charge on any atom is 0.469 e. The fourth-order valence-electron chi connectivity index (χ4n) is 2.55. The minimum Gasteiger partial charge on any atom is -0.463 e. The third-order valence-corrected chi connectivity index (χ3v) is 4.88. The second kappa shape index (κ2) is 10.9. The summed E-state index contributed by atoms with van der Waals surface area (Å²) in [7, 11) is -4.53. The van der Waals surface area contributed by atoms with Crippen molar-refractivity contribution >= 4 is 13.8 Å². The van der Waals surface area contributed by atoms with E-state index in [9.17, 15) is 9.36 Å². The lowest BCUT2D eigenvalue weighted by atomic mass is 10.1. The first kappa shape index (κ1) is 22.3. The van der Waals surface area contributed by atoms with E-state index in [2.05, 4.69) is 27.4 Å². The van der Waals surface area contributed by atoms with Crippen LogP contribution in [0.4, 0.5) is 0 Å². The molecule has 0 bridgehead atoms. The van der Waals surface area contributed by atoms with E-state index in [0.29, 0.717) is 19.3 Å². The summed E-state index contributed by atoms with van der Waals surface area (Å²) in [5, 5.41) is 0. The molecule has 7 nitrogen and oxygen atoms in total.